The van der Waals surface area contributed by atoms with Gasteiger partial charge < -0.3 is 18.9 Å². The van der Waals surface area contributed by atoms with E-state index in [1.165, 1.54) is 0 Å². The predicted octanol–water partition coefficient (Wildman–Crippen LogP) is 6.95. The van der Waals surface area contributed by atoms with Crippen LogP contribution < -0.4 is 15.4 Å². The minimum Gasteiger partial charge on any atom is -0.456 e. The van der Waals surface area contributed by atoms with E-state index in [9.17, 15) is 14.4 Å². The molecule has 0 atom stereocenters. The summed E-state index contributed by atoms with van der Waals surface area (Å²) in [7, 11) is 0. The summed E-state index contributed by atoms with van der Waals surface area (Å²) in [6.07, 6.45) is -1.23. The Labute approximate surface area is 226 Å². The maximum Gasteiger partial charge on any atom is 0.412 e. The topological polar surface area (TPSA) is 112 Å². The third kappa shape index (κ3) is 4.99. The van der Waals surface area contributed by atoms with Gasteiger partial charge in [-0.05, 0) is 71.9 Å². The lowest BCUT2D eigenvalue weighted by Crippen LogP contribution is -2.33. The number of amides is 2. The number of fused-ring (bicyclic) bond motifs is 6. The van der Waals surface area contributed by atoms with Crippen molar-refractivity contribution in [2.45, 2.75) is 58.3 Å². The molecule has 2 amide bonds. The zero-order valence-corrected chi connectivity index (χ0v) is 22.6. The molecule has 2 aliphatic heterocycles. The van der Waals surface area contributed by atoms with Gasteiger partial charge in [-0.15, -0.1) is 0 Å². The Balaban J connectivity index is 1.59. The minimum absolute atomic E-state index is 0.370. The van der Waals surface area contributed by atoms with Gasteiger partial charge in [0.2, 0.25) is 0 Å². The van der Waals surface area contributed by atoms with E-state index in [1.807, 2.05) is 12.1 Å². The van der Waals surface area contributed by atoms with E-state index in [0.717, 1.165) is 0 Å². The van der Waals surface area contributed by atoms with E-state index in [-0.39, 0.29) is 0 Å². The van der Waals surface area contributed by atoms with Crippen LogP contribution in [0.15, 0.2) is 60.7 Å². The van der Waals surface area contributed by atoms with Crippen LogP contribution in [0.5, 0.6) is 11.5 Å². The van der Waals surface area contributed by atoms with E-state index >= 15 is 0 Å². The fourth-order valence-corrected chi connectivity index (χ4v) is 4.67. The zero-order chi connectivity index (χ0) is 28.2. The molecule has 202 valence electrons. The van der Waals surface area contributed by atoms with Crippen molar-refractivity contribution in [3.8, 4) is 11.5 Å². The highest BCUT2D eigenvalue weighted by Gasteiger charge is 2.53. The summed E-state index contributed by atoms with van der Waals surface area (Å²) in [4.78, 5) is 37.8. The predicted molar refractivity (Wildman–Crippen MR) is 144 cm³/mol. The van der Waals surface area contributed by atoms with Gasteiger partial charge in [0, 0.05) is 40.2 Å². The second-order valence-corrected chi connectivity index (χ2v) is 11.4. The lowest BCUT2D eigenvalue weighted by Gasteiger charge is -2.36. The van der Waals surface area contributed by atoms with E-state index in [2.05, 4.69) is 10.6 Å². The van der Waals surface area contributed by atoms with E-state index in [4.69, 9.17) is 18.9 Å². The number of rotatable bonds is 2. The molecule has 3 aromatic rings. The Bertz CT molecular complexity index is 1420. The van der Waals surface area contributed by atoms with Crippen LogP contribution in [0, 0.1) is 0 Å². The number of carbonyl (C=O) groups excluding carboxylic acids is 3. The molecule has 5 rings (SSSR count). The van der Waals surface area contributed by atoms with Gasteiger partial charge in [-0.25, -0.2) is 14.4 Å². The van der Waals surface area contributed by atoms with Gasteiger partial charge in [-0.2, -0.15) is 0 Å². The van der Waals surface area contributed by atoms with Gasteiger partial charge >= 0.3 is 18.2 Å². The van der Waals surface area contributed by atoms with Crippen molar-refractivity contribution in [2.24, 2.45) is 0 Å². The molecule has 0 bridgehead atoms. The number of hydrogen-bond donors (Lipinski definition) is 2. The van der Waals surface area contributed by atoms with E-state index < -0.39 is 35.0 Å². The summed E-state index contributed by atoms with van der Waals surface area (Å²) in [5.74, 6) is 0.279. The molecule has 0 aliphatic carbocycles. The second kappa shape index (κ2) is 9.04. The van der Waals surface area contributed by atoms with Gasteiger partial charge in [0.25, 0.3) is 0 Å². The van der Waals surface area contributed by atoms with Crippen molar-refractivity contribution in [3.63, 3.8) is 0 Å². The van der Waals surface area contributed by atoms with Crippen LogP contribution in [0.2, 0.25) is 0 Å². The molecule has 0 aromatic heterocycles. The quantitative estimate of drug-likeness (QED) is 0.272. The highest BCUT2D eigenvalue weighted by atomic mass is 16.6. The largest absolute Gasteiger partial charge is 0.456 e. The summed E-state index contributed by atoms with van der Waals surface area (Å²) in [6.45, 7) is 10.7. The van der Waals surface area contributed by atoms with Gasteiger partial charge in [0.1, 0.15) is 22.7 Å². The van der Waals surface area contributed by atoms with E-state index in [1.54, 1.807) is 90.1 Å². The van der Waals surface area contributed by atoms with Crippen molar-refractivity contribution in [1.82, 2.24) is 0 Å². The van der Waals surface area contributed by atoms with Crippen LogP contribution in [0.25, 0.3) is 0 Å². The molecule has 9 heteroatoms. The average Bonchev–Trinajstić information content (AvgIpc) is 3.09. The van der Waals surface area contributed by atoms with Crippen LogP contribution in [0.4, 0.5) is 21.0 Å². The number of benzene rings is 3. The third-order valence-electron chi connectivity index (χ3n) is 6.00. The molecule has 9 nitrogen and oxygen atoms in total. The molecule has 2 aliphatic rings. The molecule has 2 heterocycles. The van der Waals surface area contributed by atoms with Crippen molar-refractivity contribution in [1.29, 1.82) is 0 Å². The van der Waals surface area contributed by atoms with Crippen molar-refractivity contribution >= 4 is 29.5 Å². The smallest absolute Gasteiger partial charge is 0.412 e. The molecular formula is C30H30N2O7. The number of esters is 1. The molecule has 0 unspecified atom stereocenters. The molecule has 0 saturated carbocycles. The Morgan fingerprint density at radius 2 is 1.21 bits per heavy atom. The highest BCUT2D eigenvalue weighted by molar-refractivity contribution is 5.97. The first-order valence-corrected chi connectivity index (χ1v) is 12.5. The van der Waals surface area contributed by atoms with Gasteiger partial charge in [0.15, 0.2) is 5.60 Å². The van der Waals surface area contributed by atoms with E-state index in [0.29, 0.717) is 45.1 Å². The average molecular weight is 531 g/mol. The molecule has 0 saturated heterocycles. The van der Waals surface area contributed by atoms with Crippen LogP contribution in [-0.4, -0.2) is 29.4 Å². The fraction of sp³-hybridized carbons (Fsp3) is 0.300. The first-order chi connectivity index (χ1) is 18.2. The van der Waals surface area contributed by atoms with Gasteiger partial charge in [0.05, 0.1) is 5.56 Å². The van der Waals surface area contributed by atoms with Crippen molar-refractivity contribution in [3.05, 3.63) is 82.9 Å². The monoisotopic (exact) mass is 530 g/mol. The summed E-state index contributed by atoms with van der Waals surface area (Å²) in [5.41, 5.74) is 0.542. The zero-order valence-electron chi connectivity index (χ0n) is 22.6. The lowest BCUT2D eigenvalue weighted by molar-refractivity contribution is 0.0224. The normalized spacial score (nSPS) is 14.8. The number of anilines is 2. The Morgan fingerprint density at radius 1 is 0.718 bits per heavy atom. The molecule has 39 heavy (non-hydrogen) atoms. The fourth-order valence-electron chi connectivity index (χ4n) is 4.67. The van der Waals surface area contributed by atoms with Crippen LogP contribution in [0.3, 0.4) is 0 Å². The molecule has 0 fully saturated rings. The van der Waals surface area contributed by atoms with Gasteiger partial charge in [-0.1, -0.05) is 18.2 Å². The first-order valence-electron chi connectivity index (χ1n) is 12.5. The summed E-state index contributed by atoms with van der Waals surface area (Å²) < 4.78 is 23.2. The minimum atomic E-state index is -1.29. The molecule has 3 aromatic carbocycles. The summed E-state index contributed by atoms with van der Waals surface area (Å²) >= 11 is 0. The molecule has 2 N–H and O–H groups in total. The number of ether oxygens (including phenoxy) is 4. The highest BCUT2D eigenvalue weighted by Crippen LogP contribution is 2.56. The number of hydrogen-bond acceptors (Lipinski definition) is 7. The Morgan fingerprint density at radius 3 is 1.69 bits per heavy atom. The van der Waals surface area contributed by atoms with Crippen molar-refractivity contribution < 1.29 is 33.3 Å². The molecular weight excluding hydrogens is 500 g/mol. The standard InChI is InChI=1S/C30H30N2O7/c1-28(2,3)38-26(34)31-17-11-13-21-23(15-17)36-24-16-18(32-27(35)39-29(4,5)6)12-14-22(24)30(21)20-10-8-7-9-19(20)25(33)37-30/h7-16H,1-6H3,(H,31,34)(H,32,35). The summed E-state index contributed by atoms with van der Waals surface area (Å²) in [6, 6.07) is 17.4. The SMILES string of the molecule is CC(C)(C)OC(=O)Nc1ccc2c(c1)Oc1cc(NC(=O)OC(C)(C)C)ccc1C21OC(=O)c2ccccc21. The Kier molecular flexibility index (Phi) is 6.05. The third-order valence-corrected chi connectivity index (χ3v) is 6.00. The lowest BCUT2D eigenvalue weighted by atomic mass is 9.77. The number of nitrogens with one attached hydrogen (secondary N) is 2. The van der Waals surface area contributed by atoms with Gasteiger partial charge in [-0.3, -0.25) is 10.6 Å². The van der Waals surface area contributed by atoms with Crippen LogP contribution >= 0.6 is 0 Å². The first kappa shape index (κ1) is 26.1. The van der Waals surface area contributed by atoms with Crippen LogP contribution in [0.1, 0.15) is 68.6 Å². The number of carbonyl (C=O) groups is 3. The second-order valence-electron chi connectivity index (χ2n) is 11.4. The van der Waals surface area contributed by atoms with Crippen molar-refractivity contribution in [2.75, 3.05) is 10.6 Å². The molecule has 0 radical (unpaired) electrons. The maximum absolute atomic E-state index is 13.0. The Hall–Kier alpha value is -4.53. The summed E-state index contributed by atoms with van der Waals surface area (Å²) in [5, 5.41) is 5.43. The molecule has 1 spiro atoms. The maximum atomic E-state index is 13.0. The van der Waals surface area contributed by atoms with Crippen LogP contribution in [-0.2, 0) is 19.8 Å².